The molecule has 3 nitrogen and oxygen atoms in total. The van der Waals surface area contributed by atoms with Gasteiger partial charge in [0.15, 0.2) is 9.84 Å². The first-order valence-electron chi connectivity index (χ1n) is 6.64. The summed E-state index contributed by atoms with van der Waals surface area (Å²) in [7, 11) is -1.60. The summed E-state index contributed by atoms with van der Waals surface area (Å²) in [5.74, 6) is 0.00813. The molecule has 1 N–H and O–H groups in total. The largest absolute Gasteiger partial charge is 0.312 e. The Morgan fingerprint density at radius 3 is 2.14 bits per heavy atom. The van der Waals surface area contributed by atoms with Crippen molar-refractivity contribution in [3.05, 3.63) is 64.7 Å². The van der Waals surface area contributed by atoms with E-state index in [-0.39, 0.29) is 11.8 Å². The molecule has 2 aromatic rings. The van der Waals surface area contributed by atoms with E-state index < -0.39 is 9.84 Å². The minimum absolute atomic E-state index is 0.00813. The molecule has 0 radical (unpaired) electrons. The van der Waals surface area contributed by atoms with Gasteiger partial charge >= 0.3 is 0 Å². The summed E-state index contributed by atoms with van der Waals surface area (Å²) in [5.41, 5.74) is 2.11. The fraction of sp³-hybridized carbons (Fsp3) is 0.250. The first-order chi connectivity index (χ1) is 9.92. The van der Waals surface area contributed by atoms with Crippen LogP contribution in [0.1, 0.15) is 17.2 Å². The molecule has 2 rings (SSSR count). The van der Waals surface area contributed by atoms with E-state index in [1.165, 1.54) is 0 Å². The topological polar surface area (TPSA) is 46.2 Å². The Balaban J connectivity index is 2.24. The zero-order chi connectivity index (χ0) is 15.5. The lowest BCUT2D eigenvalue weighted by atomic mass is 10.1. The monoisotopic (exact) mass is 323 g/mol. The van der Waals surface area contributed by atoms with E-state index in [9.17, 15) is 8.42 Å². The molecule has 0 amide bonds. The second-order valence-corrected chi connectivity index (χ2v) is 7.46. The van der Waals surface area contributed by atoms with Crippen molar-refractivity contribution in [3.8, 4) is 0 Å². The fourth-order valence-corrected chi connectivity index (χ4v) is 3.77. The van der Waals surface area contributed by atoms with Crippen molar-refractivity contribution in [3.63, 3.8) is 0 Å². The SMILES string of the molecule is CNC(CS(=O)(=O)c1ccc(Cl)cc1)c1ccc(C)cc1. The Kier molecular flexibility index (Phi) is 5.04. The molecule has 0 bridgehead atoms. The number of aryl methyl sites for hydroxylation is 1. The average Bonchev–Trinajstić information content (AvgIpc) is 2.46. The van der Waals surface area contributed by atoms with Crippen molar-refractivity contribution in [2.75, 3.05) is 12.8 Å². The first kappa shape index (κ1) is 16.0. The zero-order valence-corrected chi connectivity index (χ0v) is 13.6. The van der Waals surface area contributed by atoms with Gasteiger partial charge in [-0.1, -0.05) is 41.4 Å². The van der Waals surface area contributed by atoms with Crippen LogP contribution in [-0.4, -0.2) is 21.2 Å². The van der Waals surface area contributed by atoms with Crippen LogP contribution in [0.4, 0.5) is 0 Å². The molecule has 1 unspecified atom stereocenters. The molecular weight excluding hydrogens is 306 g/mol. The Bertz CT molecular complexity index is 694. The third-order valence-corrected chi connectivity index (χ3v) is 5.40. The highest BCUT2D eigenvalue weighted by Gasteiger charge is 2.21. The molecule has 0 heterocycles. The van der Waals surface area contributed by atoms with Crippen LogP contribution in [0.2, 0.25) is 5.02 Å². The number of halogens is 1. The van der Waals surface area contributed by atoms with Crippen molar-refractivity contribution in [2.45, 2.75) is 17.9 Å². The lowest BCUT2D eigenvalue weighted by Gasteiger charge is -2.17. The van der Waals surface area contributed by atoms with Crippen molar-refractivity contribution in [1.29, 1.82) is 0 Å². The third-order valence-electron chi connectivity index (χ3n) is 3.39. The number of sulfone groups is 1. The molecule has 0 aromatic heterocycles. The summed E-state index contributed by atoms with van der Waals surface area (Å²) in [5, 5.41) is 3.60. The maximum atomic E-state index is 12.5. The number of hydrogen-bond acceptors (Lipinski definition) is 3. The smallest absolute Gasteiger partial charge is 0.180 e. The first-order valence-corrected chi connectivity index (χ1v) is 8.67. The highest BCUT2D eigenvalue weighted by molar-refractivity contribution is 7.91. The predicted octanol–water partition coefficient (Wildman–Crippen LogP) is 3.38. The number of hydrogen-bond donors (Lipinski definition) is 1. The van der Waals surface area contributed by atoms with Gasteiger partial charge in [-0.25, -0.2) is 8.42 Å². The fourth-order valence-electron chi connectivity index (χ4n) is 2.10. The van der Waals surface area contributed by atoms with Crippen LogP contribution in [0.25, 0.3) is 0 Å². The second kappa shape index (κ2) is 6.60. The van der Waals surface area contributed by atoms with Crippen molar-refractivity contribution in [1.82, 2.24) is 5.32 Å². The molecule has 0 aliphatic heterocycles. The molecule has 21 heavy (non-hydrogen) atoms. The molecule has 0 spiro atoms. The van der Waals surface area contributed by atoms with Gasteiger partial charge in [0.1, 0.15) is 0 Å². The average molecular weight is 324 g/mol. The second-order valence-electron chi connectivity index (χ2n) is 4.99. The van der Waals surface area contributed by atoms with Gasteiger partial charge in [0.2, 0.25) is 0 Å². The number of benzene rings is 2. The van der Waals surface area contributed by atoms with Gasteiger partial charge in [-0.3, -0.25) is 0 Å². The van der Waals surface area contributed by atoms with Gasteiger partial charge in [0, 0.05) is 11.1 Å². The molecule has 0 aliphatic rings. The molecule has 0 saturated carbocycles. The molecule has 0 fully saturated rings. The molecule has 0 aliphatic carbocycles. The van der Waals surface area contributed by atoms with Gasteiger partial charge < -0.3 is 5.32 Å². The molecule has 0 saturated heterocycles. The summed E-state index contributed by atoms with van der Waals surface area (Å²) in [6.07, 6.45) is 0. The highest BCUT2D eigenvalue weighted by Crippen LogP contribution is 2.21. The minimum Gasteiger partial charge on any atom is -0.312 e. The molecular formula is C16H18ClNO2S. The van der Waals surface area contributed by atoms with Crippen molar-refractivity contribution >= 4 is 21.4 Å². The summed E-state index contributed by atoms with van der Waals surface area (Å²) in [6, 6.07) is 13.9. The van der Waals surface area contributed by atoms with Gasteiger partial charge in [-0.05, 0) is 43.8 Å². The van der Waals surface area contributed by atoms with Gasteiger partial charge in [-0.15, -0.1) is 0 Å². The normalized spacial score (nSPS) is 13.1. The van der Waals surface area contributed by atoms with Crippen LogP contribution in [0.3, 0.4) is 0 Å². The lowest BCUT2D eigenvalue weighted by Crippen LogP contribution is -2.25. The number of rotatable bonds is 5. The Labute approximate surface area is 130 Å². The maximum Gasteiger partial charge on any atom is 0.180 e. The molecule has 1 atom stereocenters. The summed E-state index contributed by atoms with van der Waals surface area (Å²) < 4.78 is 24.9. The summed E-state index contributed by atoms with van der Waals surface area (Å²) in [4.78, 5) is 0.291. The summed E-state index contributed by atoms with van der Waals surface area (Å²) in [6.45, 7) is 2.00. The van der Waals surface area contributed by atoms with Crippen LogP contribution >= 0.6 is 11.6 Å². The van der Waals surface area contributed by atoms with Crippen LogP contribution in [0, 0.1) is 6.92 Å². The Hall–Kier alpha value is -1.36. The van der Waals surface area contributed by atoms with Crippen molar-refractivity contribution in [2.24, 2.45) is 0 Å². The minimum atomic E-state index is -3.37. The maximum absolute atomic E-state index is 12.5. The van der Waals surface area contributed by atoms with Gasteiger partial charge in [0.05, 0.1) is 10.6 Å². The Morgan fingerprint density at radius 1 is 1.05 bits per heavy atom. The van der Waals surface area contributed by atoms with E-state index in [4.69, 9.17) is 11.6 Å². The standard InChI is InChI=1S/C16H18ClNO2S/c1-12-3-5-13(6-4-12)16(18-2)11-21(19,20)15-9-7-14(17)8-10-15/h3-10,16,18H,11H2,1-2H3. The summed E-state index contributed by atoms with van der Waals surface area (Å²) >= 11 is 5.80. The quantitative estimate of drug-likeness (QED) is 0.917. The van der Waals surface area contributed by atoms with E-state index in [0.717, 1.165) is 11.1 Å². The third kappa shape index (κ3) is 4.06. The van der Waals surface area contributed by atoms with Crippen LogP contribution in [0.15, 0.2) is 53.4 Å². The van der Waals surface area contributed by atoms with Crippen LogP contribution in [-0.2, 0) is 9.84 Å². The van der Waals surface area contributed by atoms with E-state index in [0.29, 0.717) is 9.92 Å². The van der Waals surface area contributed by atoms with Gasteiger partial charge in [-0.2, -0.15) is 0 Å². The molecule has 2 aromatic carbocycles. The van der Waals surface area contributed by atoms with E-state index in [2.05, 4.69) is 5.32 Å². The van der Waals surface area contributed by atoms with Crippen LogP contribution in [0.5, 0.6) is 0 Å². The van der Waals surface area contributed by atoms with E-state index in [1.807, 2.05) is 31.2 Å². The Morgan fingerprint density at radius 2 is 1.62 bits per heavy atom. The van der Waals surface area contributed by atoms with E-state index >= 15 is 0 Å². The van der Waals surface area contributed by atoms with E-state index in [1.54, 1.807) is 31.3 Å². The molecule has 112 valence electrons. The van der Waals surface area contributed by atoms with Crippen molar-refractivity contribution < 1.29 is 8.42 Å². The predicted molar refractivity (Wildman–Crippen MR) is 86.5 cm³/mol. The molecule has 5 heteroatoms. The lowest BCUT2D eigenvalue weighted by molar-refractivity contribution is 0.574. The van der Waals surface area contributed by atoms with Crippen LogP contribution < -0.4 is 5.32 Å². The van der Waals surface area contributed by atoms with Gasteiger partial charge in [0.25, 0.3) is 0 Å². The zero-order valence-electron chi connectivity index (χ0n) is 12.0. The highest BCUT2D eigenvalue weighted by atomic mass is 35.5. The number of nitrogens with one attached hydrogen (secondary N) is 1.